The van der Waals surface area contributed by atoms with Gasteiger partial charge in [0.1, 0.15) is 11.6 Å². The van der Waals surface area contributed by atoms with Crippen molar-refractivity contribution in [2.24, 2.45) is 22.4 Å². The van der Waals surface area contributed by atoms with Crippen molar-refractivity contribution < 1.29 is 4.74 Å². The number of ether oxygens (including phenoxy) is 1. The van der Waals surface area contributed by atoms with Crippen molar-refractivity contribution in [2.45, 2.75) is 0 Å². The van der Waals surface area contributed by atoms with E-state index in [1.54, 1.807) is 43.5 Å². The second kappa shape index (κ2) is 7.14. The van der Waals surface area contributed by atoms with Crippen molar-refractivity contribution >= 4 is 23.0 Å². The van der Waals surface area contributed by atoms with Crippen molar-refractivity contribution in [3.63, 3.8) is 0 Å². The number of hydrogen-bond donors (Lipinski definition) is 4. The molecule has 134 valence electrons. The molecule has 0 spiro atoms. The average molecular weight is 358 g/mol. The van der Waals surface area contributed by atoms with Gasteiger partial charge < -0.3 is 16.2 Å². The van der Waals surface area contributed by atoms with Crippen molar-refractivity contribution in [1.29, 1.82) is 16.1 Å². The number of allylic oxidation sites excluding steroid dienone is 5. The number of nitrogens with one attached hydrogen (secondary N) is 2. The largest absolute Gasteiger partial charge is 0.497 e. The fourth-order valence-corrected chi connectivity index (χ4v) is 3.09. The van der Waals surface area contributed by atoms with Gasteiger partial charge in [-0.3, -0.25) is 10.8 Å². The van der Waals surface area contributed by atoms with Gasteiger partial charge in [-0.1, -0.05) is 12.2 Å². The number of rotatable bonds is 3. The molecule has 1 aliphatic carbocycles. The van der Waals surface area contributed by atoms with Gasteiger partial charge in [-0.2, -0.15) is 5.26 Å². The molecule has 0 saturated carbocycles. The molecular formula is C20H18N6O. The van der Waals surface area contributed by atoms with Crippen LogP contribution in [0.1, 0.15) is 5.56 Å². The molecule has 0 amide bonds. The van der Waals surface area contributed by atoms with Crippen LogP contribution >= 0.6 is 0 Å². The number of hydrogen-bond acceptors (Lipinski definition) is 7. The summed E-state index contributed by atoms with van der Waals surface area (Å²) in [6.45, 7) is 0. The van der Waals surface area contributed by atoms with Crippen LogP contribution in [0.15, 0.2) is 70.4 Å². The number of methoxy groups -OCH3 is 1. The minimum Gasteiger partial charge on any atom is -0.497 e. The fraction of sp³-hybridized carbons (Fsp3) is 0.100. The Labute approximate surface area is 156 Å². The molecule has 1 aromatic rings. The Hall–Kier alpha value is -3.92. The molecule has 3 rings (SSSR count). The number of nitriles is 1. The molecule has 1 heterocycles. The lowest BCUT2D eigenvalue weighted by Gasteiger charge is -2.28. The number of aliphatic imine (C=N–C) groups is 1. The third-order valence-electron chi connectivity index (χ3n) is 4.45. The molecule has 1 aliphatic heterocycles. The minimum atomic E-state index is -0.660. The van der Waals surface area contributed by atoms with Gasteiger partial charge in [0.25, 0.3) is 0 Å². The Morgan fingerprint density at radius 1 is 1.26 bits per heavy atom. The number of nitrogens with zero attached hydrogens (tertiary/aromatic N) is 2. The number of nitrogens with two attached hydrogens (primary N) is 2. The summed E-state index contributed by atoms with van der Waals surface area (Å²) in [6.07, 6.45) is 6.21. The van der Waals surface area contributed by atoms with Crippen LogP contribution < -0.4 is 16.2 Å². The molecule has 2 aliphatic rings. The molecule has 7 heteroatoms. The maximum Gasteiger partial charge on any atom is 0.129 e. The van der Waals surface area contributed by atoms with Crippen LogP contribution in [0.5, 0.6) is 5.75 Å². The van der Waals surface area contributed by atoms with E-state index in [2.05, 4.69) is 11.1 Å². The Morgan fingerprint density at radius 3 is 2.56 bits per heavy atom. The summed E-state index contributed by atoms with van der Waals surface area (Å²) in [5.41, 5.74) is 14.4. The molecule has 0 saturated heterocycles. The first-order valence-corrected chi connectivity index (χ1v) is 8.13. The van der Waals surface area contributed by atoms with Gasteiger partial charge in [-0.15, -0.1) is 0 Å². The zero-order chi connectivity index (χ0) is 19.6. The summed E-state index contributed by atoms with van der Waals surface area (Å²) < 4.78 is 5.17. The van der Waals surface area contributed by atoms with E-state index < -0.39 is 5.92 Å². The minimum absolute atomic E-state index is 0.0263. The SMILES string of the molecule is COc1ccc(C2=C(C#N)C(C3=CC=CC(=N)C3=N)/C(=C/N)C(N)=N2)cc1. The van der Waals surface area contributed by atoms with Gasteiger partial charge in [-0.05, 0) is 35.9 Å². The molecule has 6 N–H and O–H groups in total. The van der Waals surface area contributed by atoms with E-state index in [0.29, 0.717) is 33.7 Å². The van der Waals surface area contributed by atoms with E-state index in [1.807, 2.05) is 0 Å². The molecule has 27 heavy (non-hydrogen) atoms. The molecule has 0 bridgehead atoms. The zero-order valence-corrected chi connectivity index (χ0v) is 14.7. The van der Waals surface area contributed by atoms with Gasteiger partial charge in [-0.25, -0.2) is 4.99 Å². The lowest BCUT2D eigenvalue weighted by molar-refractivity contribution is 0.415. The highest BCUT2D eigenvalue weighted by Gasteiger charge is 2.35. The molecule has 0 radical (unpaired) electrons. The lowest BCUT2D eigenvalue weighted by atomic mass is 9.77. The summed E-state index contributed by atoms with van der Waals surface area (Å²) in [5, 5.41) is 26.1. The third-order valence-corrected chi connectivity index (χ3v) is 4.45. The van der Waals surface area contributed by atoms with Gasteiger partial charge in [0.2, 0.25) is 0 Å². The van der Waals surface area contributed by atoms with E-state index in [4.69, 9.17) is 27.0 Å². The molecule has 0 aromatic heterocycles. The van der Waals surface area contributed by atoms with Gasteiger partial charge in [0, 0.05) is 17.3 Å². The molecule has 1 unspecified atom stereocenters. The molecule has 1 atom stereocenters. The normalized spacial score (nSPS) is 21.0. The van der Waals surface area contributed by atoms with Gasteiger partial charge in [0.15, 0.2) is 0 Å². The first kappa shape index (κ1) is 17.9. The van der Waals surface area contributed by atoms with Crippen LogP contribution in [0.25, 0.3) is 5.70 Å². The zero-order valence-electron chi connectivity index (χ0n) is 14.7. The quantitative estimate of drug-likeness (QED) is 0.614. The first-order valence-electron chi connectivity index (χ1n) is 8.13. The van der Waals surface area contributed by atoms with Crippen molar-refractivity contribution in [3.05, 3.63) is 71.0 Å². The Kier molecular flexibility index (Phi) is 4.73. The van der Waals surface area contributed by atoms with Crippen LogP contribution in [-0.2, 0) is 0 Å². The van der Waals surface area contributed by atoms with Crippen LogP contribution in [-0.4, -0.2) is 24.4 Å². The predicted molar refractivity (Wildman–Crippen MR) is 106 cm³/mol. The van der Waals surface area contributed by atoms with E-state index in [9.17, 15) is 5.26 Å². The highest BCUT2D eigenvalue weighted by atomic mass is 16.5. The standard InChI is InChI=1S/C20H18N6O/c1-27-12-7-5-11(6-8-12)19-14(9-21)17(15(10-22)20(25)26-19)13-3-2-4-16(23)18(13)24/h2-8,10,17,23-24H,22H2,1H3,(H2,25,26)/b15-10-,23-16?,24-18?. The Balaban J connectivity index is 2.22. The average Bonchev–Trinajstić information content (AvgIpc) is 2.69. The number of amidine groups is 1. The predicted octanol–water partition coefficient (Wildman–Crippen LogP) is 2.30. The van der Waals surface area contributed by atoms with Crippen LogP contribution in [0, 0.1) is 28.1 Å². The molecule has 1 aromatic carbocycles. The highest BCUT2D eigenvalue weighted by molar-refractivity contribution is 6.51. The van der Waals surface area contributed by atoms with E-state index in [-0.39, 0.29) is 17.3 Å². The second-order valence-corrected chi connectivity index (χ2v) is 5.92. The summed E-state index contributed by atoms with van der Waals surface area (Å²) in [6, 6.07) is 9.33. The van der Waals surface area contributed by atoms with Gasteiger partial charge >= 0.3 is 0 Å². The van der Waals surface area contributed by atoms with Crippen molar-refractivity contribution in [2.75, 3.05) is 7.11 Å². The summed E-state index contributed by atoms with van der Waals surface area (Å²) in [4.78, 5) is 4.39. The van der Waals surface area contributed by atoms with Crippen molar-refractivity contribution in [1.82, 2.24) is 0 Å². The summed E-state index contributed by atoms with van der Waals surface area (Å²) in [7, 11) is 1.57. The van der Waals surface area contributed by atoms with E-state index >= 15 is 0 Å². The highest BCUT2D eigenvalue weighted by Crippen LogP contribution is 2.39. The molecule has 7 nitrogen and oxygen atoms in total. The Bertz CT molecular complexity index is 1020. The van der Waals surface area contributed by atoms with E-state index in [0.717, 1.165) is 0 Å². The molecule has 0 fully saturated rings. The maximum atomic E-state index is 9.90. The fourth-order valence-electron chi connectivity index (χ4n) is 3.09. The van der Waals surface area contributed by atoms with Crippen LogP contribution in [0.2, 0.25) is 0 Å². The van der Waals surface area contributed by atoms with Crippen LogP contribution in [0.4, 0.5) is 0 Å². The summed E-state index contributed by atoms with van der Waals surface area (Å²) in [5.74, 6) is 0.203. The third kappa shape index (κ3) is 3.04. The van der Waals surface area contributed by atoms with E-state index in [1.165, 1.54) is 12.3 Å². The maximum absolute atomic E-state index is 9.90. The topological polar surface area (TPSA) is 145 Å². The first-order chi connectivity index (χ1) is 13.0. The van der Waals surface area contributed by atoms with Gasteiger partial charge in [0.05, 0.1) is 41.8 Å². The smallest absolute Gasteiger partial charge is 0.129 e. The molecular weight excluding hydrogens is 340 g/mol. The van der Waals surface area contributed by atoms with Crippen LogP contribution in [0.3, 0.4) is 0 Å². The Morgan fingerprint density at radius 2 is 1.96 bits per heavy atom. The summed E-state index contributed by atoms with van der Waals surface area (Å²) >= 11 is 0. The second-order valence-electron chi connectivity index (χ2n) is 5.92. The lowest BCUT2D eigenvalue weighted by Crippen LogP contribution is -2.32. The van der Waals surface area contributed by atoms with Crippen molar-refractivity contribution in [3.8, 4) is 11.8 Å². The number of benzene rings is 1. The monoisotopic (exact) mass is 358 g/mol.